The quantitative estimate of drug-likeness (QED) is 0.745. The van der Waals surface area contributed by atoms with E-state index in [1.165, 1.54) is 6.33 Å². The lowest BCUT2D eigenvalue weighted by atomic mass is 10.2. The van der Waals surface area contributed by atoms with Gasteiger partial charge in [-0.3, -0.25) is 4.98 Å². The summed E-state index contributed by atoms with van der Waals surface area (Å²) in [6.45, 7) is 1.92. The lowest BCUT2D eigenvalue weighted by Gasteiger charge is -2.13. The fourth-order valence-electron chi connectivity index (χ4n) is 2.52. The van der Waals surface area contributed by atoms with Gasteiger partial charge in [0.2, 0.25) is 5.82 Å². The molecular formula is C15H15N7O. The minimum Gasteiger partial charge on any atom is -0.365 e. The van der Waals surface area contributed by atoms with Crippen molar-refractivity contribution in [1.29, 1.82) is 0 Å². The Morgan fingerprint density at radius 2 is 2.13 bits per heavy atom. The zero-order chi connectivity index (χ0) is 15.5. The molecule has 2 N–H and O–H groups in total. The summed E-state index contributed by atoms with van der Waals surface area (Å²) in [5.41, 5.74) is 1.55. The molecule has 1 saturated heterocycles. The van der Waals surface area contributed by atoms with Crippen molar-refractivity contribution in [2.24, 2.45) is 0 Å². The first-order valence-electron chi connectivity index (χ1n) is 7.42. The van der Waals surface area contributed by atoms with Crippen LogP contribution in [-0.4, -0.2) is 44.2 Å². The molecule has 1 atom stereocenters. The van der Waals surface area contributed by atoms with E-state index in [1.807, 2.05) is 12.1 Å². The molecule has 0 aliphatic carbocycles. The lowest BCUT2D eigenvalue weighted by Crippen LogP contribution is -2.23. The topological polar surface area (TPSA) is 102 Å². The minimum atomic E-state index is 0.339. The van der Waals surface area contributed by atoms with Gasteiger partial charge in [0.25, 0.3) is 5.89 Å². The average Bonchev–Trinajstić information content (AvgIpc) is 3.28. The first-order chi connectivity index (χ1) is 11.4. The molecule has 8 heteroatoms. The van der Waals surface area contributed by atoms with Crippen LogP contribution in [0.15, 0.2) is 41.6 Å². The van der Waals surface area contributed by atoms with Gasteiger partial charge in [-0.05, 0) is 25.1 Å². The van der Waals surface area contributed by atoms with E-state index < -0.39 is 0 Å². The first-order valence-corrected chi connectivity index (χ1v) is 7.42. The van der Waals surface area contributed by atoms with Gasteiger partial charge in [-0.2, -0.15) is 4.98 Å². The molecule has 0 amide bonds. The van der Waals surface area contributed by atoms with Crippen molar-refractivity contribution in [3.8, 4) is 22.8 Å². The number of aromatic nitrogens is 5. The maximum atomic E-state index is 5.39. The van der Waals surface area contributed by atoms with E-state index in [0.29, 0.717) is 29.1 Å². The molecule has 0 spiro atoms. The summed E-state index contributed by atoms with van der Waals surface area (Å²) in [5, 5.41) is 10.7. The highest BCUT2D eigenvalue weighted by molar-refractivity contribution is 5.69. The summed E-state index contributed by atoms with van der Waals surface area (Å²) in [7, 11) is 0. The molecule has 8 nitrogen and oxygen atoms in total. The van der Waals surface area contributed by atoms with Crippen LogP contribution in [0.5, 0.6) is 0 Å². The van der Waals surface area contributed by atoms with E-state index in [4.69, 9.17) is 4.52 Å². The molecule has 0 unspecified atom stereocenters. The second-order valence-corrected chi connectivity index (χ2v) is 5.28. The highest BCUT2D eigenvalue weighted by Crippen LogP contribution is 2.26. The average molecular weight is 309 g/mol. The molecule has 1 aliphatic heterocycles. The van der Waals surface area contributed by atoms with Crippen molar-refractivity contribution in [3.05, 3.63) is 37.1 Å². The van der Waals surface area contributed by atoms with Crippen LogP contribution in [0, 0.1) is 0 Å². The van der Waals surface area contributed by atoms with E-state index in [-0.39, 0.29) is 0 Å². The number of rotatable bonds is 4. The maximum absolute atomic E-state index is 5.39. The van der Waals surface area contributed by atoms with E-state index in [0.717, 1.165) is 25.1 Å². The Labute approximate surface area is 132 Å². The summed E-state index contributed by atoms with van der Waals surface area (Å²) in [5.74, 6) is 1.62. The van der Waals surface area contributed by atoms with Crippen molar-refractivity contribution in [2.45, 2.75) is 12.5 Å². The zero-order valence-corrected chi connectivity index (χ0v) is 12.3. The first kappa shape index (κ1) is 13.8. The van der Waals surface area contributed by atoms with Crippen molar-refractivity contribution in [1.82, 2.24) is 30.4 Å². The van der Waals surface area contributed by atoms with Gasteiger partial charge >= 0.3 is 0 Å². The van der Waals surface area contributed by atoms with Crippen LogP contribution in [-0.2, 0) is 0 Å². The molecule has 23 heavy (non-hydrogen) atoms. The normalized spacial score (nSPS) is 17.3. The molecule has 3 aromatic heterocycles. The molecule has 1 fully saturated rings. The maximum Gasteiger partial charge on any atom is 0.263 e. The number of hydrogen-bond acceptors (Lipinski definition) is 8. The molecule has 0 bridgehead atoms. The molecule has 1 aliphatic rings. The summed E-state index contributed by atoms with van der Waals surface area (Å²) in [6.07, 6.45) is 7.62. The summed E-state index contributed by atoms with van der Waals surface area (Å²) in [6, 6.07) is 4.00. The van der Waals surface area contributed by atoms with Gasteiger partial charge in [-0.15, -0.1) is 0 Å². The highest BCUT2D eigenvalue weighted by Gasteiger charge is 2.19. The van der Waals surface area contributed by atoms with Gasteiger partial charge in [0.05, 0.1) is 0 Å². The Hall–Kier alpha value is -2.87. The summed E-state index contributed by atoms with van der Waals surface area (Å²) in [4.78, 5) is 16.8. The largest absolute Gasteiger partial charge is 0.365 e. The second kappa shape index (κ2) is 6.09. The second-order valence-electron chi connectivity index (χ2n) is 5.28. The van der Waals surface area contributed by atoms with Crippen molar-refractivity contribution >= 4 is 5.82 Å². The van der Waals surface area contributed by atoms with E-state index in [1.54, 1.807) is 18.6 Å². The van der Waals surface area contributed by atoms with Crippen LogP contribution in [0.4, 0.5) is 5.82 Å². The van der Waals surface area contributed by atoms with Crippen LogP contribution in [0.2, 0.25) is 0 Å². The van der Waals surface area contributed by atoms with Crippen LogP contribution >= 0.6 is 0 Å². The third-order valence-corrected chi connectivity index (χ3v) is 3.71. The third kappa shape index (κ3) is 2.88. The van der Waals surface area contributed by atoms with Crippen molar-refractivity contribution in [2.75, 3.05) is 18.4 Å². The Morgan fingerprint density at radius 1 is 1.22 bits per heavy atom. The molecule has 4 rings (SSSR count). The minimum absolute atomic E-state index is 0.339. The molecule has 0 radical (unpaired) electrons. The summed E-state index contributed by atoms with van der Waals surface area (Å²) < 4.78 is 5.39. The van der Waals surface area contributed by atoms with Gasteiger partial charge in [-0.25, -0.2) is 9.97 Å². The molecular weight excluding hydrogens is 294 g/mol. The zero-order valence-electron chi connectivity index (χ0n) is 12.3. The van der Waals surface area contributed by atoms with Gasteiger partial charge < -0.3 is 15.2 Å². The van der Waals surface area contributed by atoms with Gasteiger partial charge in [0.15, 0.2) is 0 Å². The smallest absolute Gasteiger partial charge is 0.263 e. The predicted octanol–water partition coefficient (Wildman–Crippen LogP) is 1.36. The number of nitrogens with zero attached hydrogens (tertiary/aromatic N) is 5. The van der Waals surface area contributed by atoms with Gasteiger partial charge in [0, 0.05) is 36.7 Å². The predicted molar refractivity (Wildman–Crippen MR) is 83.5 cm³/mol. The fraction of sp³-hybridized carbons (Fsp3) is 0.267. The van der Waals surface area contributed by atoms with Gasteiger partial charge in [-0.1, -0.05) is 5.16 Å². The van der Waals surface area contributed by atoms with E-state index in [9.17, 15) is 0 Å². The Morgan fingerprint density at radius 3 is 2.96 bits per heavy atom. The van der Waals surface area contributed by atoms with Crippen LogP contribution < -0.4 is 10.6 Å². The molecule has 0 aromatic carbocycles. The molecule has 4 heterocycles. The van der Waals surface area contributed by atoms with Crippen LogP contribution in [0.3, 0.4) is 0 Å². The monoisotopic (exact) mass is 309 g/mol. The van der Waals surface area contributed by atoms with E-state index >= 15 is 0 Å². The number of nitrogens with one attached hydrogen (secondary N) is 2. The van der Waals surface area contributed by atoms with Crippen molar-refractivity contribution < 1.29 is 4.52 Å². The SMILES string of the molecule is c1cc(-c2noc(-c3cncnc3N[C@@H]3CCNC3)n2)ccn1. The standard InChI is InChI=1S/C15H15N7O/c1-4-16-5-2-10(1)13-21-15(23-22-13)12-8-18-9-19-14(12)20-11-3-6-17-7-11/h1-2,4-5,8-9,11,17H,3,6-7H2,(H,18,19,20)/t11-/m1/s1. The Bertz CT molecular complexity index is 783. The van der Waals surface area contributed by atoms with Crippen LogP contribution in [0.25, 0.3) is 22.8 Å². The Kier molecular flexibility index (Phi) is 3.65. The third-order valence-electron chi connectivity index (χ3n) is 3.71. The number of anilines is 1. The summed E-state index contributed by atoms with van der Waals surface area (Å²) >= 11 is 0. The van der Waals surface area contributed by atoms with Crippen LogP contribution in [0.1, 0.15) is 6.42 Å². The highest BCUT2D eigenvalue weighted by atomic mass is 16.5. The Balaban J connectivity index is 1.64. The molecule has 0 saturated carbocycles. The molecule has 3 aromatic rings. The number of pyridine rings is 1. The van der Waals surface area contributed by atoms with Crippen molar-refractivity contribution in [3.63, 3.8) is 0 Å². The van der Waals surface area contributed by atoms with Gasteiger partial charge in [0.1, 0.15) is 17.7 Å². The fourth-order valence-corrected chi connectivity index (χ4v) is 2.52. The molecule has 116 valence electrons. The lowest BCUT2D eigenvalue weighted by molar-refractivity contribution is 0.432. The van der Waals surface area contributed by atoms with E-state index in [2.05, 4.69) is 35.7 Å². The number of hydrogen-bond donors (Lipinski definition) is 2.